The molecule has 1 aromatic carbocycles. The van der Waals surface area contributed by atoms with Gasteiger partial charge in [-0.3, -0.25) is 10.1 Å². The third-order valence-electron chi connectivity index (χ3n) is 5.64. The van der Waals surface area contributed by atoms with Gasteiger partial charge in [0.2, 0.25) is 5.91 Å². The Morgan fingerprint density at radius 3 is 2.57 bits per heavy atom. The fourth-order valence-electron chi connectivity index (χ4n) is 4.00. The Morgan fingerprint density at radius 2 is 1.87 bits per heavy atom. The molecule has 1 saturated carbocycles. The lowest BCUT2D eigenvalue weighted by Gasteiger charge is -2.22. The summed E-state index contributed by atoms with van der Waals surface area (Å²) in [5.41, 5.74) is 2.21. The van der Waals surface area contributed by atoms with E-state index < -0.39 is 29.6 Å². The van der Waals surface area contributed by atoms with Crippen molar-refractivity contribution in [3.05, 3.63) is 65.1 Å². The predicted molar refractivity (Wildman–Crippen MR) is 98.8 cm³/mol. The lowest BCUT2D eigenvalue weighted by molar-refractivity contribution is -0.137. The Bertz CT molecular complexity index is 1160. The molecule has 0 bridgehead atoms. The second kappa shape index (κ2) is 6.54. The van der Waals surface area contributed by atoms with E-state index >= 15 is 0 Å². The number of urea groups is 1. The Balaban J connectivity index is 1.46. The predicted octanol–water partition coefficient (Wildman–Crippen LogP) is 2.94. The molecule has 154 valence electrons. The minimum atomic E-state index is -4.36. The molecule has 3 aromatic rings. The third-order valence-corrected chi connectivity index (χ3v) is 5.64. The second-order valence-electron chi connectivity index (χ2n) is 7.54. The molecule has 10 heteroatoms. The molecular weight excluding hydrogens is 399 g/mol. The van der Waals surface area contributed by atoms with Gasteiger partial charge in [-0.1, -0.05) is 12.1 Å². The number of hydrogen-bond acceptors (Lipinski definition) is 4. The first-order chi connectivity index (χ1) is 14.3. The maximum atomic E-state index is 12.8. The molecule has 2 aromatic heterocycles. The summed E-state index contributed by atoms with van der Waals surface area (Å²) in [4.78, 5) is 27.9. The summed E-state index contributed by atoms with van der Waals surface area (Å²) >= 11 is 0. The van der Waals surface area contributed by atoms with Crippen LogP contribution in [-0.4, -0.2) is 33.1 Å². The number of carbonyl (C=O) groups excluding carboxylic acids is 2. The van der Waals surface area contributed by atoms with E-state index in [1.54, 1.807) is 16.9 Å². The Kier molecular flexibility index (Phi) is 4.05. The highest BCUT2D eigenvalue weighted by Gasteiger charge is 2.42. The second-order valence-corrected chi connectivity index (χ2v) is 7.54. The molecule has 0 spiro atoms. The van der Waals surface area contributed by atoms with Crippen molar-refractivity contribution < 1.29 is 22.8 Å². The summed E-state index contributed by atoms with van der Waals surface area (Å²) in [6.45, 7) is 0.143. The van der Waals surface area contributed by atoms with Crippen LogP contribution in [0.25, 0.3) is 5.65 Å². The minimum Gasteiger partial charge on any atom is -0.337 e. The number of hydrogen-bond donors (Lipinski definition) is 2. The van der Waals surface area contributed by atoms with Gasteiger partial charge in [0.25, 0.3) is 0 Å². The number of rotatable bonds is 3. The van der Waals surface area contributed by atoms with Crippen molar-refractivity contribution in [1.29, 1.82) is 0 Å². The van der Waals surface area contributed by atoms with Gasteiger partial charge in [-0.15, -0.1) is 0 Å². The molecule has 0 radical (unpaired) electrons. The standard InChI is InChI=1S/C20H16F3N5O2/c21-20(22,23)11-3-1-10(2-4-11)12-7-13(12)14-8-16(27-28-6-5-24-17(14)28)15-9-25-19(30)26-18(15)29/h1-6,8,12-13,15H,7,9H2,(H2,25,26,29,30)/t12-,13+,15?/m1/s1. The van der Waals surface area contributed by atoms with E-state index in [2.05, 4.69) is 20.7 Å². The molecule has 1 aliphatic carbocycles. The van der Waals surface area contributed by atoms with E-state index in [0.29, 0.717) is 11.3 Å². The smallest absolute Gasteiger partial charge is 0.337 e. The third kappa shape index (κ3) is 3.17. The molecule has 7 nitrogen and oxygen atoms in total. The van der Waals surface area contributed by atoms with E-state index in [0.717, 1.165) is 29.7 Å². The number of fused-ring (bicyclic) bond motifs is 1. The van der Waals surface area contributed by atoms with Crippen LogP contribution in [0.15, 0.2) is 42.7 Å². The number of nitrogens with zero attached hydrogens (tertiary/aromatic N) is 3. The van der Waals surface area contributed by atoms with E-state index in [1.165, 1.54) is 12.1 Å². The quantitative estimate of drug-likeness (QED) is 0.689. The topological polar surface area (TPSA) is 88.4 Å². The monoisotopic (exact) mass is 415 g/mol. The van der Waals surface area contributed by atoms with Crippen molar-refractivity contribution >= 4 is 17.6 Å². The van der Waals surface area contributed by atoms with Gasteiger partial charge >= 0.3 is 12.2 Å². The van der Waals surface area contributed by atoms with Crippen molar-refractivity contribution in [3.63, 3.8) is 0 Å². The first-order valence-electron chi connectivity index (χ1n) is 9.41. The van der Waals surface area contributed by atoms with Gasteiger partial charge in [0, 0.05) is 24.5 Å². The zero-order valence-electron chi connectivity index (χ0n) is 15.5. The molecule has 1 aliphatic heterocycles. The Morgan fingerprint density at radius 1 is 1.10 bits per heavy atom. The van der Waals surface area contributed by atoms with Gasteiger partial charge in [0.05, 0.1) is 17.2 Å². The molecular formula is C20H16F3N5O2. The van der Waals surface area contributed by atoms with E-state index in [-0.39, 0.29) is 18.4 Å². The summed E-state index contributed by atoms with van der Waals surface area (Å²) in [5, 5.41) is 9.29. The first kappa shape index (κ1) is 18.6. The van der Waals surface area contributed by atoms with Crippen molar-refractivity contribution in [2.45, 2.75) is 30.4 Å². The molecule has 1 saturated heterocycles. The van der Waals surface area contributed by atoms with Gasteiger partial charge in [-0.25, -0.2) is 14.3 Å². The van der Waals surface area contributed by atoms with Crippen molar-refractivity contribution in [2.75, 3.05) is 6.54 Å². The molecule has 5 rings (SSSR count). The number of halogens is 3. The van der Waals surface area contributed by atoms with Crippen LogP contribution in [0.4, 0.5) is 18.0 Å². The summed E-state index contributed by atoms with van der Waals surface area (Å²) in [6, 6.07) is 6.51. The lowest BCUT2D eigenvalue weighted by atomic mass is 9.98. The highest BCUT2D eigenvalue weighted by molar-refractivity contribution is 6.00. The fourth-order valence-corrected chi connectivity index (χ4v) is 4.00. The highest BCUT2D eigenvalue weighted by Crippen LogP contribution is 2.55. The Labute approximate surface area is 168 Å². The molecule has 30 heavy (non-hydrogen) atoms. The van der Waals surface area contributed by atoms with Crippen molar-refractivity contribution in [2.24, 2.45) is 0 Å². The normalized spacial score (nSPS) is 23.9. The van der Waals surface area contributed by atoms with Crippen LogP contribution in [0.2, 0.25) is 0 Å². The first-order valence-corrected chi connectivity index (χ1v) is 9.41. The number of imidazole rings is 1. The summed E-state index contributed by atoms with van der Waals surface area (Å²) < 4.78 is 40.0. The summed E-state index contributed by atoms with van der Waals surface area (Å²) in [7, 11) is 0. The molecule has 3 heterocycles. The van der Waals surface area contributed by atoms with Crippen LogP contribution in [-0.2, 0) is 11.0 Å². The van der Waals surface area contributed by atoms with Gasteiger partial charge in [0.15, 0.2) is 5.65 Å². The van der Waals surface area contributed by atoms with Crippen molar-refractivity contribution in [3.8, 4) is 0 Å². The lowest BCUT2D eigenvalue weighted by Crippen LogP contribution is -2.51. The molecule has 2 aliphatic rings. The number of aromatic nitrogens is 3. The number of alkyl halides is 3. The number of benzene rings is 1. The van der Waals surface area contributed by atoms with Gasteiger partial charge in [-0.05, 0) is 42.0 Å². The average molecular weight is 415 g/mol. The van der Waals surface area contributed by atoms with Gasteiger partial charge in [0.1, 0.15) is 0 Å². The summed E-state index contributed by atoms with van der Waals surface area (Å²) in [5.74, 6) is -0.916. The maximum Gasteiger partial charge on any atom is 0.416 e. The molecule has 1 unspecified atom stereocenters. The van der Waals surface area contributed by atoms with Crippen LogP contribution in [0.5, 0.6) is 0 Å². The molecule has 2 fully saturated rings. The minimum absolute atomic E-state index is 0.0645. The highest BCUT2D eigenvalue weighted by atomic mass is 19.4. The number of carbonyl (C=O) groups is 2. The van der Waals surface area contributed by atoms with Crippen LogP contribution in [0, 0.1) is 0 Å². The van der Waals surface area contributed by atoms with E-state index in [9.17, 15) is 22.8 Å². The Hall–Kier alpha value is -3.43. The van der Waals surface area contributed by atoms with Crippen LogP contribution in [0.1, 0.15) is 46.6 Å². The van der Waals surface area contributed by atoms with Crippen LogP contribution in [0.3, 0.4) is 0 Å². The SMILES string of the molecule is O=C1NCC(c2cc([C@H]3C[C@@H]3c3ccc(C(F)(F)F)cc3)c3nccn3n2)C(=O)N1. The van der Waals surface area contributed by atoms with E-state index in [1.807, 2.05) is 6.07 Å². The largest absolute Gasteiger partial charge is 0.416 e. The zero-order chi connectivity index (χ0) is 21.0. The average Bonchev–Trinajstić information content (AvgIpc) is 3.35. The molecule has 2 N–H and O–H groups in total. The fraction of sp³-hybridized carbons (Fsp3) is 0.300. The van der Waals surface area contributed by atoms with Crippen LogP contribution >= 0.6 is 0 Å². The zero-order valence-corrected chi connectivity index (χ0v) is 15.5. The number of nitrogens with one attached hydrogen (secondary N) is 2. The van der Waals surface area contributed by atoms with Crippen molar-refractivity contribution in [1.82, 2.24) is 25.2 Å². The molecule has 3 atom stereocenters. The number of amides is 3. The van der Waals surface area contributed by atoms with E-state index in [4.69, 9.17) is 0 Å². The summed E-state index contributed by atoms with van der Waals surface area (Å²) in [6.07, 6.45) is -0.310. The molecule has 3 amide bonds. The van der Waals surface area contributed by atoms with Crippen LogP contribution < -0.4 is 10.6 Å². The number of imide groups is 1. The van der Waals surface area contributed by atoms with Gasteiger partial charge < -0.3 is 5.32 Å². The van der Waals surface area contributed by atoms with Gasteiger partial charge in [-0.2, -0.15) is 18.3 Å². The maximum absolute atomic E-state index is 12.8.